The number of fused-ring (bicyclic) bond motifs is 1. The summed E-state index contributed by atoms with van der Waals surface area (Å²) in [6, 6.07) is 3.42. The predicted molar refractivity (Wildman–Crippen MR) is 63.7 cm³/mol. The first-order chi connectivity index (χ1) is 8.34. The Morgan fingerprint density at radius 1 is 1.29 bits per heavy atom. The maximum absolute atomic E-state index is 13.9. The van der Waals surface area contributed by atoms with Crippen LogP contribution in [-0.4, -0.2) is 37.7 Å². The Kier molecular flexibility index (Phi) is 2.99. The van der Waals surface area contributed by atoms with Gasteiger partial charge in [0.15, 0.2) is 0 Å². The fraction of sp³-hybridized carbons (Fsp3) is 0.538. The Bertz CT molecular complexity index is 416. The van der Waals surface area contributed by atoms with Crippen LogP contribution < -0.4 is 10.1 Å². The lowest BCUT2D eigenvalue weighted by molar-refractivity contribution is 0.226. The summed E-state index contributed by atoms with van der Waals surface area (Å²) >= 11 is 0. The van der Waals surface area contributed by atoms with E-state index >= 15 is 0 Å². The van der Waals surface area contributed by atoms with Gasteiger partial charge in [-0.15, -0.1) is 0 Å². The molecule has 92 valence electrons. The number of benzene rings is 1. The number of nitrogens with zero attached hydrogens (tertiary/aromatic N) is 1. The summed E-state index contributed by atoms with van der Waals surface area (Å²) in [6.07, 6.45) is 0.907. The zero-order chi connectivity index (χ0) is 11.7. The molecule has 2 heterocycles. The van der Waals surface area contributed by atoms with Crippen LogP contribution in [0.5, 0.6) is 5.75 Å². The van der Waals surface area contributed by atoms with E-state index in [2.05, 4.69) is 10.2 Å². The Balaban J connectivity index is 1.84. The molecule has 3 nitrogen and oxygen atoms in total. The summed E-state index contributed by atoms with van der Waals surface area (Å²) in [4.78, 5) is 2.27. The number of halogens is 1. The molecule has 0 atom stereocenters. The fourth-order valence-corrected chi connectivity index (χ4v) is 2.53. The van der Waals surface area contributed by atoms with Crippen molar-refractivity contribution in [1.82, 2.24) is 10.2 Å². The smallest absolute Gasteiger partial charge is 0.131 e. The monoisotopic (exact) mass is 236 g/mol. The van der Waals surface area contributed by atoms with Crippen LogP contribution in [0.1, 0.15) is 11.1 Å². The van der Waals surface area contributed by atoms with Gasteiger partial charge in [-0.05, 0) is 11.6 Å². The molecule has 2 aliphatic heterocycles. The highest BCUT2D eigenvalue weighted by molar-refractivity contribution is 5.44. The van der Waals surface area contributed by atoms with Gasteiger partial charge >= 0.3 is 0 Å². The van der Waals surface area contributed by atoms with E-state index < -0.39 is 0 Å². The number of hydrogen-bond acceptors (Lipinski definition) is 3. The average Bonchev–Trinajstić information content (AvgIpc) is 2.83. The van der Waals surface area contributed by atoms with Crippen molar-refractivity contribution in [1.29, 1.82) is 0 Å². The Hall–Kier alpha value is -1.13. The molecule has 1 aromatic rings. The second-order valence-corrected chi connectivity index (χ2v) is 4.64. The quantitative estimate of drug-likeness (QED) is 0.834. The largest absolute Gasteiger partial charge is 0.493 e. The summed E-state index contributed by atoms with van der Waals surface area (Å²) < 4.78 is 19.4. The van der Waals surface area contributed by atoms with Crippen LogP contribution in [0.15, 0.2) is 12.1 Å². The molecule has 0 unspecified atom stereocenters. The van der Waals surface area contributed by atoms with Crippen LogP contribution in [0.4, 0.5) is 4.39 Å². The number of piperazine rings is 1. The van der Waals surface area contributed by atoms with E-state index in [1.54, 1.807) is 6.07 Å². The minimum absolute atomic E-state index is 0.135. The van der Waals surface area contributed by atoms with E-state index in [1.807, 2.05) is 6.07 Å². The van der Waals surface area contributed by atoms with Gasteiger partial charge in [-0.3, -0.25) is 4.90 Å². The van der Waals surface area contributed by atoms with Crippen molar-refractivity contribution >= 4 is 0 Å². The molecular weight excluding hydrogens is 219 g/mol. The van der Waals surface area contributed by atoms with E-state index in [0.29, 0.717) is 13.2 Å². The molecule has 0 aromatic heterocycles. The normalized spacial score (nSPS) is 20.1. The first kappa shape index (κ1) is 11.0. The fourth-order valence-electron chi connectivity index (χ4n) is 2.53. The second-order valence-electron chi connectivity index (χ2n) is 4.64. The molecule has 4 heteroatoms. The summed E-state index contributed by atoms with van der Waals surface area (Å²) in [5.41, 5.74) is 1.89. The molecule has 3 rings (SSSR count). The summed E-state index contributed by atoms with van der Waals surface area (Å²) in [6.45, 7) is 5.27. The third kappa shape index (κ3) is 2.15. The third-order valence-corrected chi connectivity index (χ3v) is 3.49. The van der Waals surface area contributed by atoms with Crippen LogP contribution >= 0.6 is 0 Å². The first-order valence-corrected chi connectivity index (χ1v) is 6.21. The minimum atomic E-state index is -0.135. The molecule has 0 amide bonds. The topological polar surface area (TPSA) is 24.5 Å². The van der Waals surface area contributed by atoms with Crippen molar-refractivity contribution in [2.45, 2.75) is 13.0 Å². The molecule has 0 aliphatic carbocycles. The Labute approximate surface area is 101 Å². The molecule has 0 spiro atoms. The van der Waals surface area contributed by atoms with Gasteiger partial charge < -0.3 is 10.1 Å². The lowest BCUT2D eigenvalue weighted by Gasteiger charge is -2.27. The van der Waals surface area contributed by atoms with E-state index in [-0.39, 0.29) is 5.82 Å². The summed E-state index contributed by atoms with van der Waals surface area (Å²) in [5, 5.41) is 3.30. The Morgan fingerprint density at radius 2 is 2.12 bits per heavy atom. The number of rotatable bonds is 2. The van der Waals surface area contributed by atoms with Crippen molar-refractivity contribution in [2.24, 2.45) is 0 Å². The van der Waals surface area contributed by atoms with Crippen molar-refractivity contribution in [3.05, 3.63) is 29.1 Å². The van der Waals surface area contributed by atoms with Gasteiger partial charge in [-0.1, -0.05) is 6.07 Å². The molecule has 0 saturated carbocycles. The molecule has 17 heavy (non-hydrogen) atoms. The van der Waals surface area contributed by atoms with Crippen molar-refractivity contribution in [3.8, 4) is 5.75 Å². The molecule has 1 saturated heterocycles. The zero-order valence-corrected chi connectivity index (χ0v) is 9.84. The van der Waals surface area contributed by atoms with Crippen molar-refractivity contribution in [2.75, 3.05) is 32.8 Å². The van der Waals surface area contributed by atoms with Crippen LogP contribution in [0.2, 0.25) is 0 Å². The average molecular weight is 236 g/mol. The first-order valence-electron chi connectivity index (χ1n) is 6.21. The van der Waals surface area contributed by atoms with Gasteiger partial charge in [-0.25, -0.2) is 4.39 Å². The number of ether oxygens (including phenoxy) is 1. The molecule has 2 aliphatic rings. The molecule has 0 bridgehead atoms. The Morgan fingerprint density at radius 3 is 2.94 bits per heavy atom. The van der Waals surface area contributed by atoms with Crippen LogP contribution in [-0.2, 0) is 13.0 Å². The van der Waals surface area contributed by atoms with Gasteiger partial charge in [0.1, 0.15) is 11.6 Å². The highest BCUT2D eigenvalue weighted by atomic mass is 19.1. The molecule has 1 aromatic carbocycles. The van der Waals surface area contributed by atoms with Crippen molar-refractivity contribution < 1.29 is 9.13 Å². The second kappa shape index (κ2) is 4.63. The van der Waals surface area contributed by atoms with Crippen LogP contribution in [0.25, 0.3) is 0 Å². The van der Waals surface area contributed by atoms with Gasteiger partial charge in [0.05, 0.1) is 6.61 Å². The van der Waals surface area contributed by atoms with Crippen LogP contribution in [0, 0.1) is 5.82 Å². The molecule has 1 fully saturated rings. The number of hydrogen-bond donors (Lipinski definition) is 1. The summed E-state index contributed by atoms with van der Waals surface area (Å²) in [5.74, 6) is 0.660. The van der Waals surface area contributed by atoms with E-state index in [0.717, 1.165) is 49.5 Å². The molecule has 0 radical (unpaired) electrons. The van der Waals surface area contributed by atoms with E-state index in [1.165, 1.54) is 0 Å². The summed E-state index contributed by atoms with van der Waals surface area (Å²) in [7, 11) is 0. The van der Waals surface area contributed by atoms with Crippen molar-refractivity contribution in [3.63, 3.8) is 0 Å². The minimum Gasteiger partial charge on any atom is -0.493 e. The molecular formula is C13H17FN2O. The lowest BCUT2D eigenvalue weighted by atomic mass is 10.1. The SMILES string of the molecule is Fc1ccc2c(c1CN1CCNCC1)OCC2. The molecule has 1 N–H and O–H groups in total. The van der Waals surface area contributed by atoms with Gasteiger partial charge in [-0.2, -0.15) is 0 Å². The van der Waals surface area contributed by atoms with Gasteiger partial charge in [0, 0.05) is 44.7 Å². The standard InChI is InChI=1S/C13H17FN2O/c14-12-2-1-10-3-8-17-13(10)11(12)9-16-6-4-15-5-7-16/h1-2,15H,3-9H2. The predicted octanol–water partition coefficient (Wildman–Crippen LogP) is 1.17. The van der Waals surface area contributed by atoms with Gasteiger partial charge in [0.2, 0.25) is 0 Å². The van der Waals surface area contributed by atoms with E-state index in [9.17, 15) is 4.39 Å². The third-order valence-electron chi connectivity index (χ3n) is 3.49. The highest BCUT2D eigenvalue weighted by Gasteiger charge is 2.22. The highest BCUT2D eigenvalue weighted by Crippen LogP contribution is 2.32. The number of nitrogens with one attached hydrogen (secondary N) is 1. The van der Waals surface area contributed by atoms with Gasteiger partial charge in [0.25, 0.3) is 0 Å². The maximum Gasteiger partial charge on any atom is 0.131 e. The zero-order valence-electron chi connectivity index (χ0n) is 9.84. The lowest BCUT2D eigenvalue weighted by Crippen LogP contribution is -2.43. The maximum atomic E-state index is 13.9. The van der Waals surface area contributed by atoms with Crippen LogP contribution in [0.3, 0.4) is 0 Å². The van der Waals surface area contributed by atoms with E-state index in [4.69, 9.17) is 4.74 Å².